The summed E-state index contributed by atoms with van der Waals surface area (Å²) in [5.74, 6) is 1.38. The van der Waals surface area contributed by atoms with E-state index in [9.17, 15) is 4.79 Å². The predicted molar refractivity (Wildman–Crippen MR) is 93.9 cm³/mol. The van der Waals surface area contributed by atoms with Crippen molar-refractivity contribution in [3.8, 4) is 17.6 Å². The monoisotopic (exact) mass is 322 g/mol. The average Bonchev–Trinajstić information content (AvgIpc) is 2.59. The summed E-state index contributed by atoms with van der Waals surface area (Å²) in [5, 5.41) is 11.1. The van der Waals surface area contributed by atoms with Crippen LogP contribution in [0.1, 0.15) is 30.9 Å². The van der Waals surface area contributed by atoms with Crippen molar-refractivity contribution in [3.63, 3.8) is 0 Å². The van der Waals surface area contributed by atoms with E-state index in [1.54, 1.807) is 0 Å². The van der Waals surface area contributed by atoms with Crippen LogP contribution in [0.5, 0.6) is 11.5 Å². The Labute approximate surface area is 143 Å². The molecule has 0 aliphatic carbocycles. The second kappa shape index (κ2) is 9.36. The number of carbonyl (C=O) groups is 1. The minimum Gasteiger partial charge on any atom is -0.457 e. The molecule has 0 bridgehead atoms. The Morgan fingerprint density at radius 1 is 1.00 bits per heavy atom. The summed E-state index contributed by atoms with van der Waals surface area (Å²) in [6.45, 7) is 2.69. The third-order valence-corrected chi connectivity index (χ3v) is 3.60. The van der Waals surface area contributed by atoms with Crippen molar-refractivity contribution >= 4 is 5.91 Å². The molecule has 0 aromatic heterocycles. The highest BCUT2D eigenvalue weighted by atomic mass is 16.5. The van der Waals surface area contributed by atoms with Crippen molar-refractivity contribution in [1.82, 2.24) is 5.32 Å². The van der Waals surface area contributed by atoms with Crippen LogP contribution in [-0.4, -0.2) is 12.5 Å². The van der Waals surface area contributed by atoms with Crippen molar-refractivity contribution in [2.24, 2.45) is 0 Å². The topological polar surface area (TPSA) is 62.1 Å². The maximum atomic E-state index is 11.2. The summed E-state index contributed by atoms with van der Waals surface area (Å²) in [4.78, 5) is 11.2. The molecule has 0 fully saturated rings. The van der Waals surface area contributed by atoms with Crippen LogP contribution in [0.4, 0.5) is 0 Å². The van der Waals surface area contributed by atoms with Gasteiger partial charge in [-0.25, -0.2) is 0 Å². The Morgan fingerprint density at radius 3 is 2.04 bits per heavy atom. The highest BCUT2D eigenvalue weighted by Gasteiger charge is 2.01. The number of ether oxygens (including phenoxy) is 1. The van der Waals surface area contributed by atoms with Crippen molar-refractivity contribution in [1.29, 1.82) is 5.26 Å². The van der Waals surface area contributed by atoms with E-state index in [-0.39, 0.29) is 12.3 Å². The molecule has 4 heteroatoms. The number of rotatable bonds is 8. The molecule has 0 saturated heterocycles. The highest BCUT2D eigenvalue weighted by molar-refractivity contribution is 5.77. The Hall–Kier alpha value is -2.80. The quantitative estimate of drug-likeness (QED) is 0.799. The zero-order valence-corrected chi connectivity index (χ0v) is 13.9. The summed E-state index contributed by atoms with van der Waals surface area (Å²) < 4.78 is 5.84. The maximum Gasteiger partial charge on any atom is 0.234 e. The van der Waals surface area contributed by atoms with Crippen LogP contribution in [0, 0.1) is 11.3 Å². The van der Waals surface area contributed by atoms with Crippen LogP contribution < -0.4 is 10.1 Å². The van der Waals surface area contributed by atoms with Gasteiger partial charge in [0, 0.05) is 6.54 Å². The molecule has 4 nitrogen and oxygen atoms in total. The summed E-state index contributed by atoms with van der Waals surface area (Å²) >= 11 is 0. The number of carbonyl (C=O) groups excluding carboxylic acids is 1. The van der Waals surface area contributed by atoms with Gasteiger partial charge in [0.05, 0.1) is 6.07 Å². The fraction of sp³-hybridized carbons (Fsp3) is 0.300. The number of benzene rings is 2. The minimum absolute atomic E-state index is 0.0934. The molecule has 0 saturated carbocycles. The van der Waals surface area contributed by atoms with E-state index >= 15 is 0 Å². The van der Waals surface area contributed by atoms with Crippen LogP contribution in [0.2, 0.25) is 0 Å². The SMILES string of the molecule is CCCc1ccc(Oc2ccc(CCNC(=O)CC#N)cc2)cc1. The molecule has 0 aliphatic heterocycles. The van der Waals surface area contributed by atoms with E-state index in [2.05, 4.69) is 24.4 Å². The largest absolute Gasteiger partial charge is 0.457 e. The van der Waals surface area contributed by atoms with Gasteiger partial charge >= 0.3 is 0 Å². The van der Waals surface area contributed by atoms with Gasteiger partial charge in [0.2, 0.25) is 5.91 Å². The van der Waals surface area contributed by atoms with Crippen LogP contribution in [0.15, 0.2) is 48.5 Å². The molecule has 0 unspecified atom stereocenters. The van der Waals surface area contributed by atoms with Crippen LogP contribution >= 0.6 is 0 Å². The van der Waals surface area contributed by atoms with Gasteiger partial charge < -0.3 is 10.1 Å². The first kappa shape index (κ1) is 17.6. The second-order valence-electron chi connectivity index (χ2n) is 5.57. The first-order valence-electron chi connectivity index (χ1n) is 8.20. The zero-order valence-electron chi connectivity index (χ0n) is 13.9. The third-order valence-electron chi connectivity index (χ3n) is 3.60. The summed E-state index contributed by atoms with van der Waals surface area (Å²) in [6, 6.07) is 17.8. The van der Waals surface area contributed by atoms with E-state index < -0.39 is 0 Å². The smallest absolute Gasteiger partial charge is 0.234 e. The molecule has 24 heavy (non-hydrogen) atoms. The summed E-state index contributed by atoms with van der Waals surface area (Å²) in [6.07, 6.45) is 2.85. The number of hydrogen-bond acceptors (Lipinski definition) is 3. The van der Waals surface area contributed by atoms with Crippen molar-refractivity contribution in [3.05, 3.63) is 59.7 Å². The molecular formula is C20H22N2O2. The third kappa shape index (κ3) is 5.77. The van der Waals surface area contributed by atoms with Crippen LogP contribution in [-0.2, 0) is 17.6 Å². The number of amides is 1. The van der Waals surface area contributed by atoms with Crippen molar-refractivity contribution < 1.29 is 9.53 Å². The Kier molecular flexibility index (Phi) is 6.85. The second-order valence-corrected chi connectivity index (χ2v) is 5.57. The maximum absolute atomic E-state index is 11.2. The molecule has 1 amide bonds. The first-order chi connectivity index (χ1) is 11.7. The predicted octanol–water partition coefficient (Wildman–Crippen LogP) is 4.00. The lowest BCUT2D eigenvalue weighted by molar-refractivity contribution is -0.120. The lowest BCUT2D eigenvalue weighted by Gasteiger charge is -2.08. The number of nitrogens with zero attached hydrogens (tertiary/aromatic N) is 1. The van der Waals surface area contributed by atoms with Gasteiger partial charge in [-0.2, -0.15) is 5.26 Å². The van der Waals surface area contributed by atoms with Gasteiger partial charge in [0.15, 0.2) is 0 Å². The molecule has 124 valence electrons. The van der Waals surface area contributed by atoms with Crippen LogP contribution in [0.3, 0.4) is 0 Å². The standard InChI is InChI=1S/C20H22N2O2/c1-2-3-16-4-8-18(9-5-16)24-19-10-6-17(7-11-19)13-15-22-20(23)12-14-21/h4-11H,2-3,12-13,15H2,1H3,(H,22,23). The Bertz CT molecular complexity index is 685. The lowest BCUT2D eigenvalue weighted by atomic mass is 10.1. The van der Waals surface area contributed by atoms with Gasteiger partial charge in [-0.1, -0.05) is 37.6 Å². The Balaban J connectivity index is 1.83. The van der Waals surface area contributed by atoms with Crippen LogP contribution in [0.25, 0.3) is 0 Å². The molecule has 0 radical (unpaired) electrons. The van der Waals surface area contributed by atoms with Gasteiger partial charge in [-0.05, 0) is 48.2 Å². The molecule has 2 rings (SSSR count). The number of hydrogen-bond donors (Lipinski definition) is 1. The molecule has 0 spiro atoms. The number of nitriles is 1. The van der Waals surface area contributed by atoms with Gasteiger partial charge in [-0.15, -0.1) is 0 Å². The van der Waals surface area contributed by atoms with E-state index in [4.69, 9.17) is 10.00 Å². The van der Waals surface area contributed by atoms with Gasteiger partial charge in [-0.3, -0.25) is 4.79 Å². The van der Waals surface area contributed by atoms with E-state index in [1.165, 1.54) is 5.56 Å². The summed E-state index contributed by atoms with van der Waals surface area (Å²) in [5.41, 5.74) is 2.43. The van der Waals surface area contributed by atoms with E-state index in [0.717, 1.165) is 36.3 Å². The molecule has 0 atom stereocenters. The van der Waals surface area contributed by atoms with Crippen molar-refractivity contribution in [2.45, 2.75) is 32.6 Å². The fourth-order valence-electron chi connectivity index (χ4n) is 2.35. The van der Waals surface area contributed by atoms with Gasteiger partial charge in [0.1, 0.15) is 17.9 Å². The van der Waals surface area contributed by atoms with Gasteiger partial charge in [0.25, 0.3) is 0 Å². The first-order valence-corrected chi connectivity index (χ1v) is 8.20. The lowest BCUT2D eigenvalue weighted by Crippen LogP contribution is -2.24. The molecule has 0 aliphatic rings. The fourth-order valence-corrected chi connectivity index (χ4v) is 2.35. The number of aryl methyl sites for hydroxylation is 1. The molecule has 0 heterocycles. The molecule has 2 aromatic rings. The van der Waals surface area contributed by atoms with Crippen molar-refractivity contribution in [2.75, 3.05) is 6.54 Å². The highest BCUT2D eigenvalue weighted by Crippen LogP contribution is 2.22. The Morgan fingerprint density at radius 2 is 1.54 bits per heavy atom. The number of nitrogens with one attached hydrogen (secondary N) is 1. The molecular weight excluding hydrogens is 300 g/mol. The van der Waals surface area contributed by atoms with E-state index in [0.29, 0.717) is 6.54 Å². The minimum atomic E-state index is -0.232. The van der Waals surface area contributed by atoms with E-state index in [1.807, 2.05) is 42.5 Å². The molecule has 1 N–H and O–H groups in total. The molecule has 2 aromatic carbocycles. The summed E-state index contributed by atoms with van der Waals surface area (Å²) in [7, 11) is 0. The zero-order chi connectivity index (χ0) is 17.2. The average molecular weight is 322 g/mol. The normalized spacial score (nSPS) is 10.0.